The third kappa shape index (κ3) is 2.85. The molecule has 1 saturated carbocycles. The molecule has 18 heavy (non-hydrogen) atoms. The minimum Gasteiger partial charge on any atom is -0.490 e. The summed E-state index contributed by atoms with van der Waals surface area (Å²) in [4.78, 5) is 0. The molecule has 1 aliphatic carbocycles. The van der Waals surface area contributed by atoms with Crippen molar-refractivity contribution < 1.29 is 14.6 Å². The fraction of sp³-hybridized carbons (Fsp3) is 0.600. The number of hydrogen-bond acceptors (Lipinski definition) is 3. The maximum atomic E-state index is 10.0. The molecule has 1 aromatic carbocycles. The van der Waals surface area contributed by atoms with Crippen LogP contribution in [0.4, 0.5) is 0 Å². The molecular formula is C15H20O3. The predicted molar refractivity (Wildman–Crippen MR) is 68.8 cm³/mol. The Balaban J connectivity index is 1.69. The second-order valence-electron chi connectivity index (χ2n) is 5.44. The van der Waals surface area contributed by atoms with Gasteiger partial charge in [-0.2, -0.15) is 0 Å². The number of ether oxygens (including phenoxy) is 2. The van der Waals surface area contributed by atoms with Gasteiger partial charge in [0.2, 0.25) is 0 Å². The molecule has 2 fully saturated rings. The van der Waals surface area contributed by atoms with E-state index in [1.165, 1.54) is 0 Å². The topological polar surface area (TPSA) is 38.7 Å². The van der Waals surface area contributed by atoms with E-state index >= 15 is 0 Å². The van der Waals surface area contributed by atoms with Gasteiger partial charge in [-0.1, -0.05) is 18.2 Å². The number of benzene rings is 1. The highest BCUT2D eigenvalue weighted by Crippen LogP contribution is 2.40. The summed E-state index contributed by atoms with van der Waals surface area (Å²) in [5, 5.41) is 10.0. The largest absolute Gasteiger partial charge is 0.490 e. The number of para-hydroxylation sites is 1. The monoisotopic (exact) mass is 248 g/mol. The molecule has 0 bridgehead atoms. The van der Waals surface area contributed by atoms with Crippen molar-refractivity contribution in [2.24, 2.45) is 0 Å². The van der Waals surface area contributed by atoms with Crippen molar-refractivity contribution in [2.45, 2.75) is 43.8 Å². The number of aliphatic hydroxyl groups is 1. The molecular weight excluding hydrogens is 228 g/mol. The average Bonchev–Trinajstić information content (AvgIpc) is 3.11. The van der Waals surface area contributed by atoms with Crippen LogP contribution in [0.25, 0.3) is 0 Å². The third-order valence-electron chi connectivity index (χ3n) is 3.78. The van der Waals surface area contributed by atoms with Crippen molar-refractivity contribution in [3.05, 3.63) is 29.8 Å². The van der Waals surface area contributed by atoms with E-state index in [2.05, 4.69) is 6.07 Å². The van der Waals surface area contributed by atoms with Gasteiger partial charge in [-0.25, -0.2) is 0 Å². The molecule has 1 N–H and O–H groups in total. The van der Waals surface area contributed by atoms with Gasteiger partial charge < -0.3 is 14.6 Å². The molecule has 1 aromatic rings. The number of hydrogen-bond donors (Lipinski definition) is 1. The minimum atomic E-state index is -0.463. The molecule has 0 amide bonds. The molecule has 0 atom stereocenters. The van der Waals surface area contributed by atoms with Gasteiger partial charge in [0.25, 0.3) is 0 Å². The lowest BCUT2D eigenvalue weighted by atomic mass is 10.1. The van der Waals surface area contributed by atoms with E-state index in [0.717, 1.165) is 50.2 Å². The minimum absolute atomic E-state index is 0.258. The van der Waals surface area contributed by atoms with Crippen molar-refractivity contribution in [1.29, 1.82) is 0 Å². The zero-order chi connectivity index (χ0) is 12.4. The molecule has 0 spiro atoms. The third-order valence-corrected chi connectivity index (χ3v) is 3.78. The molecule has 1 aliphatic heterocycles. The zero-order valence-corrected chi connectivity index (χ0v) is 10.6. The maximum Gasteiger partial charge on any atom is 0.123 e. The maximum absolute atomic E-state index is 10.0. The van der Waals surface area contributed by atoms with Crippen molar-refractivity contribution in [1.82, 2.24) is 0 Å². The fourth-order valence-electron chi connectivity index (χ4n) is 2.41. The first kappa shape index (κ1) is 12.0. The van der Waals surface area contributed by atoms with Crippen molar-refractivity contribution in [3.8, 4) is 5.75 Å². The summed E-state index contributed by atoms with van der Waals surface area (Å²) in [6.45, 7) is 1.58. The van der Waals surface area contributed by atoms with Crippen LogP contribution in [0.2, 0.25) is 0 Å². The molecule has 3 heteroatoms. The smallest absolute Gasteiger partial charge is 0.123 e. The Morgan fingerprint density at radius 3 is 2.67 bits per heavy atom. The second-order valence-corrected chi connectivity index (χ2v) is 5.44. The van der Waals surface area contributed by atoms with Gasteiger partial charge >= 0.3 is 0 Å². The van der Waals surface area contributed by atoms with E-state index < -0.39 is 5.60 Å². The first-order valence-electron chi connectivity index (χ1n) is 6.80. The first-order chi connectivity index (χ1) is 8.75. The molecule has 1 saturated heterocycles. The molecule has 3 rings (SSSR count). The quantitative estimate of drug-likeness (QED) is 0.888. The summed E-state index contributed by atoms with van der Waals surface area (Å²) < 4.78 is 11.4. The van der Waals surface area contributed by atoms with Crippen molar-refractivity contribution in [3.63, 3.8) is 0 Å². The van der Waals surface area contributed by atoms with Crippen LogP contribution in [-0.2, 0) is 11.2 Å². The van der Waals surface area contributed by atoms with Crippen molar-refractivity contribution in [2.75, 3.05) is 13.2 Å². The van der Waals surface area contributed by atoms with Gasteiger partial charge in [0.15, 0.2) is 0 Å². The van der Waals surface area contributed by atoms with E-state index in [4.69, 9.17) is 9.47 Å². The highest BCUT2D eigenvalue weighted by atomic mass is 16.5. The lowest BCUT2D eigenvalue weighted by molar-refractivity contribution is 0.0248. The van der Waals surface area contributed by atoms with Crippen LogP contribution in [0, 0.1) is 0 Å². The van der Waals surface area contributed by atoms with E-state index in [1.807, 2.05) is 18.2 Å². The Bertz CT molecular complexity index is 406. The van der Waals surface area contributed by atoms with Crippen LogP contribution < -0.4 is 4.74 Å². The summed E-state index contributed by atoms with van der Waals surface area (Å²) >= 11 is 0. The number of rotatable bonds is 4. The fourth-order valence-corrected chi connectivity index (χ4v) is 2.41. The van der Waals surface area contributed by atoms with Gasteiger partial charge in [-0.05, 0) is 24.5 Å². The van der Waals surface area contributed by atoms with Crippen molar-refractivity contribution >= 4 is 0 Å². The Labute approximate surface area is 108 Å². The Hall–Kier alpha value is -1.06. The van der Waals surface area contributed by atoms with Gasteiger partial charge in [-0.3, -0.25) is 0 Å². The first-order valence-corrected chi connectivity index (χ1v) is 6.80. The van der Waals surface area contributed by atoms with Gasteiger partial charge in [-0.15, -0.1) is 0 Å². The predicted octanol–water partition coefficient (Wildman–Crippen LogP) is 2.31. The van der Waals surface area contributed by atoms with E-state index in [9.17, 15) is 5.11 Å². The van der Waals surface area contributed by atoms with Gasteiger partial charge in [0.1, 0.15) is 11.9 Å². The second kappa shape index (κ2) is 4.90. The summed E-state index contributed by atoms with van der Waals surface area (Å²) in [6.07, 6.45) is 4.72. The molecule has 0 unspecified atom stereocenters. The normalized spacial score (nSPS) is 22.7. The van der Waals surface area contributed by atoms with Gasteiger partial charge in [0.05, 0.1) is 18.8 Å². The summed E-state index contributed by atoms with van der Waals surface area (Å²) in [6, 6.07) is 8.08. The van der Waals surface area contributed by atoms with Crippen LogP contribution in [0.3, 0.4) is 0 Å². The van der Waals surface area contributed by atoms with Crippen LogP contribution in [0.5, 0.6) is 5.75 Å². The average molecular weight is 248 g/mol. The Kier molecular flexibility index (Phi) is 3.27. The van der Waals surface area contributed by atoms with Crippen LogP contribution >= 0.6 is 0 Å². The molecule has 2 aliphatic rings. The SMILES string of the molecule is OC1(Cc2ccccc2OC2CCOCC2)CC1. The van der Waals surface area contributed by atoms with E-state index in [0.29, 0.717) is 6.42 Å². The highest BCUT2D eigenvalue weighted by molar-refractivity contribution is 5.35. The molecule has 3 nitrogen and oxygen atoms in total. The molecule has 98 valence electrons. The summed E-state index contributed by atoms with van der Waals surface area (Å²) in [5.41, 5.74) is 0.666. The summed E-state index contributed by atoms with van der Waals surface area (Å²) in [7, 11) is 0. The van der Waals surface area contributed by atoms with E-state index in [1.54, 1.807) is 0 Å². The highest BCUT2D eigenvalue weighted by Gasteiger charge is 2.40. The summed E-state index contributed by atoms with van der Waals surface area (Å²) in [5.74, 6) is 0.935. The van der Waals surface area contributed by atoms with Crippen LogP contribution in [0.1, 0.15) is 31.2 Å². The standard InChI is InChI=1S/C15H20O3/c16-15(7-8-15)11-12-3-1-2-4-14(12)18-13-5-9-17-10-6-13/h1-4,13,16H,5-11H2. The Morgan fingerprint density at radius 1 is 1.22 bits per heavy atom. The lowest BCUT2D eigenvalue weighted by Gasteiger charge is -2.25. The lowest BCUT2D eigenvalue weighted by Crippen LogP contribution is -2.26. The van der Waals surface area contributed by atoms with E-state index in [-0.39, 0.29) is 6.10 Å². The van der Waals surface area contributed by atoms with Crippen LogP contribution in [-0.4, -0.2) is 30.0 Å². The molecule has 0 aromatic heterocycles. The Morgan fingerprint density at radius 2 is 1.94 bits per heavy atom. The molecule has 0 radical (unpaired) electrons. The van der Waals surface area contributed by atoms with Crippen LogP contribution in [0.15, 0.2) is 24.3 Å². The zero-order valence-electron chi connectivity index (χ0n) is 10.6. The van der Waals surface area contributed by atoms with Gasteiger partial charge in [0, 0.05) is 19.3 Å². The molecule has 1 heterocycles.